The zero-order valence-electron chi connectivity index (χ0n) is 23.4. The number of likely N-dealkylation sites (N-methyl/N-ethyl adjacent to an activating group) is 1. The first-order valence-corrected chi connectivity index (χ1v) is 14.6. The van der Waals surface area contributed by atoms with Crippen LogP contribution in [-0.4, -0.2) is 65.1 Å². The quantitative estimate of drug-likeness (QED) is 0.360. The number of phenolic OH excluding ortho intramolecular Hbond substituents is 1. The fourth-order valence-corrected chi connectivity index (χ4v) is 8.24. The van der Waals surface area contributed by atoms with Gasteiger partial charge in [-0.2, -0.15) is 0 Å². The highest BCUT2D eigenvalue weighted by Gasteiger charge is 2.67. The zero-order valence-corrected chi connectivity index (χ0v) is 23.4. The van der Waals surface area contributed by atoms with Crippen molar-refractivity contribution in [3.8, 4) is 29.1 Å². The Morgan fingerprint density at radius 1 is 1.23 bits per heavy atom. The van der Waals surface area contributed by atoms with Gasteiger partial charge in [0, 0.05) is 60.7 Å². The number of aryl methyl sites for hydroxylation is 1. The molecule has 7 heteroatoms. The Kier molecular flexibility index (Phi) is 5.90. The van der Waals surface area contributed by atoms with E-state index in [1.807, 2.05) is 38.2 Å². The highest BCUT2D eigenvalue weighted by atomic mass is 16.5. The van der Waals surface area contributed by atoms with E-state index >= 15 is 0 Å². The van der Waals surface area contributed by atoms with Crippen LogP contribution in [0.3, 0.4) is 0 Å². The molecule has 1 spiro atoms. The van der Waals surface area contributed by atoms with Crippen molar-refractivity contribution in [1.29, 1.82) is 0 Å². The van der Waals surface area contributed by atoms with E-state index in [-0.39, 0.29) is 29.2 Å². The van der Waals surface area contributed by atoms with Crippen LogP contribution in [0.1, 0.15) is 61.3 Å². The van der Waals surface area contributed by atoms with Crippen molar-refractivity contribution in [3.05, 3.63) is 52.6 Å². The summed E-state index contributed by atoms with van der Waals surface area (Å²) in [6, 6.07) is 9.53. The average Bonchev–Trinajstić information content (AvgIpc) is 3.67. The van der Waals surface area contributed by atoms with Crippen LogP contribution >= 0.6 is 0 Å². The topological polar surface area (TPSA) is 79.3 Å². The minimum Gasteiger partial charge on any atom is -0.504 e. The van der Waals surface area contributed by atoms with Gasteiger partial charge in [-0.3, -0.25) is 14.5 Å². The van der Waals surface area contributed by atoms with Crippen molar-refractivity contribution in [2.75, 3.05) is 20.1 Å². The van der Waals surface area contributed by atoms with E-state index in [4.69, 9.17) is 9.47 Å². The lowest BCUT2D eigenvalue weighted by Crippen LogP contribution is -2.69. The van der Waals surface area contributed by atoms with E-state index in [2.05, 4.69) is 16.7 Å². The number of likely N-dealkylation sites (tertiary alicyclic amines) is 1. The molecule has 7 nitrogen and oxygen atoms in total. The van der Waals surface area contributed by atoms with Gasteiger partial charge in [-0.1, -0.05) is 18.1 Å². The Balaban J connectivity index is 1.27. The van der Waals surface area contributed by atoms with Crippen LogP contribution in [0, 0.1) is 30.6 Å². The van der Waals surface area contributed by atoms with Gasteiger partial charge in [-0.05, 0) is 81.5 Å². The second-order valence-electron chi connectivity index (χ2n) is 12.5. The summed E-state index contributed by atoms with van der Waals surface area (Å²) in [4.78, 5) is 29.9. The number of benzene rings is 2. The van der Waals surface area contributed by atoms with Gasteiger partial charge in [-0.25, -0.2) is 0 Å². The molecule has 3 fully saturated rings. The average molecular weight is 541 g/mol. The van der Waals surface area contributed by atoms with Gasteiger partial charge in [0.2, 0.25) is 0 Å². The van der Waals surface area contributed by atoms with E-state index in [9.17, 15) is 14.7 Å². The number of hydrogen-bond donors (Lipinski definition) is 1. The highest BCUT2D eigenvalue weighted by Crippen LogP contribution is 2.65. The summed E-state index contributed by atoms with van der Waals surface area (Å²) in [5, 5.41) is 11.1. The molecule has 40 heavy (non-hydrogen) atoms. The van der Waals surface area contributed by atoms with Crippen molar-refractivity contribution in [2.24, 2.45) is 11.8 Å². The van der Waals surface area contributed by atoms with Crippen LogP contribution in [-0.2, 0) is 21.4 Å². The smallest absolute Gasteiger partial charge is 0.308 e. The van der Waals surface area contributed by atoms with Gasteiger partial charge in [0.15, 0.2) is 11.5 Å². The van der Waals surface area contributed by atoms with Crippen LogP contribution in [0.2, 0.25) is 0 Å². The number of carbonyl (C=O) groups excluding carboxylic acids is 2. The molecule has 2 aliphatic heterocycles. The number of hydrogen-bond acceptors (Lipinski definition) is 6. The molecule has 2 aromatic rings. The van der Waals surface area contributed by atoms with Crippen molar-refractivity contribution in [2.45, 2.75) is 76.0 Å². The zero-order chi connectivity index (χ0) is 27.8. The number of carbonyl (C=O) groups is 2. The molecule has 2 aromatic carbocycles. The fraction of sp³-hybridized carbons (Fsp3) is 0.515. The molecule has 0 unspecified atom stereocenters. The van der Waals surface area contributed by atoms with Crippen molar-refractivity contribution < 1.29 is 24.2 Å². The number of aromatic hydroxyl groups is 1. The number of piperidine rings is 1. The number of nitrogens with zero attached hydrogens (tertiary/aromatic N) is 2. The van der Waals surface area contributed by atoms with Crippen LogP contribution in [0.15, 0.2) is 30.3 Å². The predicted octanol–water partition coefficient (Wildman–Crippen LogP) is 3.95. The third kappa shape index (κ3) is 3.91. The van der Waals surface area contributed by atoms with Gasteiger partial charge < -0.3 is 19.5 Å². The summed E-state index contributed by atoms with van der Waals surface area (Å²) in [5.74, 6) is 7.35. The second kappa shape index (κ2) is 9.27. The Bertz CT molecular complexity index is 1470. The first-order valence-electron chi connectivity index (χ1n) is 14.6. The maximum atomic E-state index is 13.4. The summed E-state index contributed by atoms with van der Waals surface area (Å²) in [6.07, 6.45) is 5.77. The number of amides is 1. The van der Waals surface area contributed by atoms with Crippen LogP contribution in [0.4, 0.5) is 0 Å². The summed E-state index contributed by atoms with van der Waals surface area (Å²) in [7, 11) is 1.83. The highest BCUT2D eigenvalue weighted by molar-refractivity contribution is 5.94. The minimum absolute atomic E-state index is 0.00311. The summed E-state index contributed by atoms with van der Waals surface area (Å²) in [6.45, 7) is 5.49. The number of ether oxygens (including phenoxy) is 2. The first kappa shape index (κ1) is 25.5. The normalized spacial score (nSPS) is 29.5. The van der Waals surface area contributed by atoms with Crippen molar-refractivity contribution >= 4 is 11.9 Å². The van der Waals surface area contributed by atoms with E-state index < -0.39 is 5.97 Å². The summed E-state index contributed by atoms with van der Waals surface area (Å²) < 4.78 is 12.4. The monoisotopic (exact) mass is 540 g/mol. The maximum absolute atomic E-state index is 13.4. The minimum atomic E-state index is -0.398. The lowest BCUT2D eigenvalue weighted by atomic mass is 9.50. The van der Waals surface area contributed by atoms with E-state index in [1.165, 1.54) is 19.8 Å². The third-order valence-corrected chi connectivity index (χ3v) is 10.1. The summed E-state index contributed by atoms with van der Waals surface area (Å²) in [5.41, 5.74) is 3.58. The molecule has 2 saturated carbocycles. The first-order chi connectivity index (χ1) is 19.3. The van der Waals surface area contributed by atoms with Crippen LogP contribution in [0.5, 0.6) is 17.2 Å². The molecule has 208 valence electrons. The SMILES string of the molecule is CC(=O)Oc1cc(O)c2c3c1C[C@@H]1[C@@H]4CC[C@H](N(C)C(=O)C#Cc5cccc(C)c5)[C@H](O2)[C@]34CCN1CC1CC1. The third-order valence-electron chi connectivity index (χ3n) is 10.1. The summed E-state index contributed by atoms with van der Waals surface area (Å²) >= 11 is 0. The number of phenols is 1. The largest absolute Gasteiger partial charge is 0.504 e. The Hall–Kier alpha value is -3.50. The predicted molar refractivity (Wildman–Crippen MR) is 149 cm³/mol. The molecule has 0 aromatic heterocycles. The van der Waals surface area contributed by atoms with E-state index in [0.717, 1.165) is 66.9 Å². The maximum Gasteiger partial charge on any atom is 0.308 e. The Labute approximate surface area is 235 Å². The molecule has 1 N–H and O–H groups in total. The molecular formula is C33H36N2O5. The van der Waals surface area contributed by atoms with E-state index in [1.54, 1.807) is 11.0 Å². The molecule has 2 heterocycles. The molecule has 0 radical (unpaired) electrons. The van der Waals surface area contributed by atoms with Gasteiger partial charge in [0.1, 0.15) is 11.9 Å². The Morgan fingerprint density at radius 2 is 2.05 bits per heavy atom. The Morgan fingerprint density at radius 3 is 2.80 bits per heavy atom. The molecule has 5 aliphatic rings. The second-order valence-corrected chi connectivity index (χ2v) is 12.5. The lowest BCUT2D eigenvalue weighted by Gasteiger charge is -2.60. The van der Waals surface area contributed by atoms with Gasteiger partial charge in [-0.15, -0.1) is 0 Å². The molecule has 1 saturated heterocycles. The number of rotatable bonds is 4. The standard InChI is InChI=1S/C33H36N2O5/c1-19-5-4-6-21(15-19)9-12-29(38)34(3)25-11-10-24-26-16-23-28(39-20(2)36)17-27(37)31-30(23)33(24,32(25)40-31)13-14-35(26)18-22-7-8-22/h4-6,15,17,22,24-26,32,37H,7-8,10-11,13-14,16,18H2,1-3H3/t24-,25-,26+,32-,33-/m0/s1. The van der Waals surface area contributed by atoms with E-state index in [0.29, 0.717) is 23.5 Å². The van der Waals surface area contributed by atoms with Crippen LogP contribution < -0.4 is 9.47 Å². The van der Waals surface area contributed by atoms with Gasteiger partial charge in [0.05, 0.1) is 6.04 Å². The lowest BCUT2D eigenvalue weighted by molar-refractivity contribution is -0.135. The molecule has 2 bridgehead atoms. The fourth-order valence-electron chi connectivity index (χ4n) is 8.24. The number of esters is 1. The molecule has 1 amide bonds. The molecule has 3 aliphatic carbocycles. The van der Waals surface area contributed by atoms with Crippen LogP contribution in [0.25, 0.3) is 0 Å². The molecular weight excluding hydrogens is 504 g/mol. The van der Waals surface area contributed by atoms with Gasteiger partial charge >= 0.3 is 5.97 Å². The van der Waals surface area contributed by atoms with Crippen molar-refractivity contribution in [3.63, 3.8) is 0 Å². The molecule has 5 atom stereocenters. The van der Waals surface area contributed by atoms with Gasteiger partial charge in [0.25, 0.3) is 5.91 Å². The molecule has 7 rings (SSSR count). The van der Waals surface area contributed by atoms with Crippen molar-refractivity contribution in [1.82, 2.24) is 9.80 Å².